The van der Waals surface area contributed by atoms with Gasteiger partial charge in [-0.1, -0.05) is 6.07 Å². The van der Waals surface area contributed by atoms with Crippen molar-refractivity contribution in [2.45, 2.75) is 42.9 Å². The average Bonchev–Trinajstić information content (AvgIpc) is 2.81. The highest BCUT2D eigenvalue weighted by atomic mass is 79.9. The number of rotatable bonds is 5. The van der Waals surface area contributed by atoms with Gasteiger partial charge in [0.2, 0.25) is 0 Å². The van der Waals surface area contributed by atoms with E-state index < -0.39 is 0 Å². The van der Waals surface area contributed by atoms with Crippen molar-refractivity contribution in [1.29, 1.82) is 0 Å². The number of H-pyrrole nitrogens is 1. The Morgan fingerprint density at radius 1 is 1.38 bits per heavy atom. The standard InChI is InChI=1S/C14H19BrN4OS/c1-8(2)19-13(20)17-18-14(19)21-12-6-5-10(7-11(12)15)9(3)16-4/h5-9,16H,1-4H3,(H,17,20). The molecule has 1 unspecified atom stereocenters. The van der Waals surface area contributed by atoms with E-state index in [4.69, 9.17) is 0 Å². The molecule has 1 atom stereocenters. The number of nitrogens with zero attached hydrogens (tertiary/aromatic N) is 2. The van der Waals surface area contributed by atoms with Gasteiger partial charge in [0.25, 0.3) is 0 Å². The molecule has 0 fully saturated rings. The van der Waals surface area contributed by atoms with E-state index in [9.17, 15) is 4.79 Å². The maximum Gasteiger partial charge on any atom is 0.344 e. The molecule has 0 aliphatic rings. The topological polar surface area (TPSA) is 62.7 Å². The molecule has 0 bridgehead atoms. The Kier molecular flexibility index (Phi) is 5.29. The van der Waals surface area contributed by atoms with Gasteiger partial charge >= 0.3 is 5.69 Å². The Hall–Kier alpha value is -1.05. The van der Waals surface area contributed by atoms with Crippen LogP contribution in [0.1, 0.15) is 38.4 Å². The zero-order valence-electron chi connectivity index (χ0n) is 12.5. The van der Waals surface area contributed by atoms with Gasteiger partial charge in [-0.05, 0) is 73.2 Å². The van der Waals surface area contributed by atoms with Crippen LogP contribution in [0.2, 0.25) is 0 Å². The molecule has 5 nitrogen and oxygen atoms in total. The van der Waals surface area contributed by atoms with Crippen LogP contribution in [0, 0.1) is 0 Å². The average molecular weight is 371 g/mol. The van der Waals surface area contributed by atoms with Crippen LogP contribution >= 0.6 is 27.7 Å². The monoisotopic (exact) mass is 370 g/mol. The SMILES string of the molecule is CNC(C)c1ccc(Sc2n[nH]c(=O)n2C(C)C)c(Br)c1. The smallest absolute Gasteiger partial charge is 0.313 e. The Morgan fingerprint density at radius 2 is 2.10 bits per heavy atom. The van der Waals surface area contributed by atoms with Crippen LogP contribution in [0.3, 0.4) is 0 Å². The number of nitrogens with one attached hydrogen (secondary N) is 2. The molecule has 1 heterocycles. The summed E-state index contributed by atoms with van der Waals surface area (Å²) in [5.74, 6) is 0. The van der Waals surface area contributed by atoms with Crippen LogP contribution < -0.4 is 11.0 Å². The summed E-state index contributed by atoms with van der Waals surface area (Å²) in [5, 5.41) is 10.5. The van der Waals surface area contributed by atoms with Crippen LogP contribution in [0.25, 0.3) is 0 Å². The lowest BCUT2D eigenvalue weighted by molar-refractivity contribution is 0.534. The first-order chi connectivity index (χ1) is 9.93. The fourth-order valence-corrected chi connectivity index (χ4v) is 3.56. The van der Waals surface area contributed by atoms with Gasteiger partial charge in [-0.3, -0.25) is 4.57 Å². The van der Waals surface area contributed by atoms with Crippen LogP contribution in [0.4, 0.5) is 0 Å². The highest BCUT2D eigenvalue weighted by Crippen LogP contribution is 2.34. The minimum atomic E-state index is -0.177. The van der Waals surface area contributed by atoms with Crippen LogP contribution in [0.5, 0.6) is 0 Å². The highest BCUT2D eigenvalue weighted by molar-refractivity contribution is 9.10. The molecule has 0 amide bonds. The van der Waals surface area contributed by atoms with Crippen molar-refractivity contribution in [1.82, 2.24) is 20.1 Å². The fourth-order valence-electron chi connectivity index (χ4n) is 1.95. The summed E-state index contributed by atoms with van der Waals surface area (Å²) in [4.78, 5) is 12.8. The molecule has 0 aliphatic carbocycles. The summed E-state index contributed by atoms with van der Waals surface area (Å²) in [6.45, 7) is 6.04. The van der Waals surface area contributed by atoms with E-state index in [1.807, 2.05) is 27.0 Å². The lowest BCUT2D eigenvalue weighted by Gasteiger charge is -2.13. The Bertz CT molecular complexity index is 680. The predicted molar refractivity (Wildman–Crippen MR) is 89.0 cm³/mol. The molecule has 0 saturated carbocycles. The molecule has 2 aromatic rings. The third kappa shape index (κ3) is 3.59. The van der Waals surface area contributed by atoms with Gasteiger partial charge in [0.1, 0.15) is 0 Å². The second-order valence-electron chi connectivity index (χ2n) is 5.08. The lowest BCUT2D eigenvalue weighted by atomic mass is 10.1. The zero-order chi connectivity index (χ0) is 15.6. The molecule has 1 aromatic carbocycles. The summed E-state index contributed by atoms with van der Waals surface area (Å²) in [6.07, 6.45) is 0. The molecule has 21 heavy (non-hydrogen) atoms. The summed E-state index contributed by atoms with van der Waals surface area (Å²) in [7, 11) is 1.94. The van der Waals surface area contributed by atoms with Crippen molar-refractivity contribution in [3.05, 3.63) is 38.7 Å². The van der Waals surface area contributed by atoms with Gasteiger partial charge in [-0.25, -0.2) is 9.89 Å². The second-order valence-corrected chi connectivity index (χ2v) is 6.94. The molecule has 0 spiro atoms. The van der Waals surface area contributed by atoms with E-state index in [-0.39, 0.29) is 11.7 Å². The first-order valence-corrected chi connectivity index (χ1v) is 8.36. The number of benzene rings is 1. The van der Waals surface area contributed by atoms with Crippen molar-refractivity contribution < 1.29 is 0 Å². The van der Waals surface area contributed by atoms with E-state index in [0.717, 1.165) is 9.37 Å². The summed E-state index contributed by atoms with van der Waals surface area (Å²) < 4.78 is 2.65. The molecule has 2 rings (SSSR count). The minimum absolute atomic E-state index is 0.0705. The van der Waals surface area contributed by atoms with Gasteiger partial charge in [0.05, 0.1) is 0 Å². The first kappa shape index (κ1) is 16.3. The normalized spacial score (nSPS) is 12.9. The van der Waals surface area contributed by atoms with Crippen molar-refractivity contribution in [3.63, 3.8) is 0 Å². The fraction of sp³-hybridized carbons (Fsp3) is 0.429. The molecule has 0 aliphatic heterocycles. The number of hydrogen-bond acceptors (Lipinski definition) is 4. The molecule has 1 aromatic heterocycles. The second kappa shape index (κ2) is 6.81. The third-order valence-corrected chi connectivity index (χ3v) is 5.24. The number of aromatic nitrogens is 3. The summed E-state index contributed by atoms with van der Waals surface area (Å²) in [5.41, 5.74) is 1.03. The van der Waals surface area contributed by atoms with E-state index >= 15 is 0 Å². The van der Waals surface area contributed by atoms with Gasteiger partial charge in [0.15, 0.2) is 5.16 Å². The predicted octanol–water partition coefficient (Wildman–Crippen LogP) is 3.35. The number of halogens is 1. The molecule has 0 radical (unpaired) electrons. The maximum atomic E-state index is 11.8. The van der Waals surface area contributed by atoms with Gasteiger partial charge in [-0.15, -0.1) is 5.10 Å². The van der Waals surface area contributed by atoms with Crippen molar-refractivity contribution in [3.8, 4) is 0 Å². The van der Waals surface area contributed by atoms with Crippen molar-refractivity contribution >= 4 is 27.7 Å². The molecular formula is C14H19BrN4OS. The Labute approximate surface area is 136 Å². The van der Waals surface area contributed by atoms with Gasteiger partial charge < -0.3 is 5.32 Å². The largest absolute Gasteiger partial charge is 0.344 e. The van der Waals surface area contributed by atoms with Crippen LogP contribution in [-0.2, 0) is 0 Å². The third-order valence-electron chi connectivity index (χ3n) is 3.28. The van der Waals surface area contributed by atoms with Gasteiger partial charge in [0, 0.05) is 21.5 Å². The van der Waals surface area contributed by atoms with Crippen LogP contribution in [0.15, 0.2) is 37.5 Å². The zero-order valence-corrected chi connectivity index (χ0v) is 14.9. The van der Waals surface area contributed by atoms with Gasteiger partial charge in [-0.2, -0.15) is 0 Å². The summed E-state index contributed by atoms with van der Waals surface area (Å²) >= 11 is 5.07. The number of hydrogen-bond donors (Lipinski definition) is 2. The lowest BCUT2D eigenvalue weighted by Crippen LogP contribution is -2.19. The van der Waals surface area contributed by atoms with E-state index in [1.54, 1.807) is 4.57 Å². The maximum absolute atomic E-state index is 11.8. The van der Waals surface area contributed by atoms with Crippen molar-refractivity contribution in [2.75, 3.05) is 7.05 Å². The van der Waals surface area contributed by atoms with E-state index in [2.05, 4.69) is 50.5 Å². The quantitative estimate of drug-likeness (QED) is 0.846. The minimum Gasteiger partial charge on any atom is -0.313 e. The molecule has 7 heteroatoms. The van der Waals surface area contributed by atoms with Crippen molar-refractivity contribution in [2.24, 2.45) is 0 Å². The van der Waals surface area contributed by atoms with Crippen LogP contribution in [-0.4, -0.2) is 21.8 Å². The molecular weight excluding hydrogens is 352 g/mol. The van der Waals surface area contributed by atoms with E-state index in [0.29, 0.717) is 11.2 Å². The first-order valence-electron chi connectivity index (χ1n) is 6.75. The summed E-state index contributed by atoms with van der Waals surface area (Å²) in [6, 6.07) is 6.58. The molecule has 0 saturated heterocycles. The van der Waals surface area contributed by atoms with E-state index in [1.165, 1.54) is 17.3 Å². The molecule has 114 valence electrons. The Balaban J connectivity index is 2.31. The molecule has 2 N–H and O–H groups in total. The Morgan fingerprint density at radius 3 is 2.67 bits per heavy atom. The highest BCUT2D eigenvalue weighted by Gasteiger charge is 2.14. The number of aromatic amines is 1.